The van der Waals surface area contributed by atoms with Crippen molar-refractivity contribution in [1.29, 1.82) is 0 Å². The van der Waals surface area contributed by atoms with E-state index in [1.807, 2.05) is 0 Å². The van der Waals surface area contributed by atoms with Gasteiger partial charge in [-0.25, -0.2) is 0 Å². The first-order chi connectivity index (χ1) is 9.54. The van der Waals surface area contributed by atoms with E-state index in [-0.39, 0.29) is 0 Å². The lowest BCUT2D eigenvalue weighted by atomic mass is 9.92. The van der Waals surface area contributed by atoms with Crippen LogP contribution in [0.3, 0.4) is 0 Å². The van der Waals surface area contributed by atoms with Crippen LogP contribution in [0.2, 0.25) is 0 Å². The molecule has 0 bridgehead atoms. The number of carbonyl (C=O) groups is 1. The molecule has 2 heteroatoms. The second-order valence-corrected chi connectivity index (χ2v) is 6.69. The van der Waals surface area contributed by atoms with E-state index in [4.69, 9.17) is 5.11 Å². The van der Waals surface area contributed by atoms with Crippen molar-refractivity contribution >= 4 is 5.97 Å². The molecule has 0 rings (SSSR count). The van der Waals surface area contributed by atoms with Gasteiger partial charge in [-0.05, 0) is 18.3 Å². The topological polar surface area (TPSA) is 37.3 Å². The first-order valence-electron chi connectivity index (χ1n) is 8.75. The van der Waals surface area contributed by atoms with E-state index in [0.717, 1.165) is 24.7 Å². The lowest BCUT2D eigenvalue weighted by molar-refractivity contribution is -0.137. The molecular weight excluding hydrogens is 248 g/mol. The number of rotatable bonds is 14. The van der Waals surface area contributed by atoms with Crippen molar-refractivity contribution in [3.8, 4) is 0 Å². The third kappa shape index (κ3) is 13.9. The minimum atomic E-state index is -0.656. The summed E-state index contributed by atoms with van der Waals surface area (Å²) in [4.78, 5) is 10.3. The molecule has 0 aliphatic rings. The summed E-state index contributed by atoms with van der Waals surface area (Å²) in [6.07, 6.45) is 14.4. The van der Waals surface area contributed by atoms with Crippen LogP contribution in [-0.2, 0) is 4.79 Å². The van der Waals surface area contributed by atoms with Crippen molar-refractivity contribution in [2.45, 2.75) is 97.8 Å². The number of aliphatic carboxylic acids is 1. The van der Waals surface area contributed by atoms with E-state index < -0.39 is 5.97 Å². The Balaban J connectivity index is 3.08. The zero-order chi connectivity index (χ0) is 15.2. The van der Waals surface area contributed by atoms with Crippen molar-refractivity contribution in [1.82, 2.24) is 0 Å². The summed E-state index contributed by atoms with van der Waals surface area (Å²) in [5, 5.41) is 8.52. The Kier molecular flexibility index (Phi) is 13.1. The molecule has 0 aliphatic carbocycles. The highest BCUT2D eigenvalue weighted by atomic mass is 16.4. The summed E-state index contributed by atoms with van der Waals surface area (Å²) in [6, 6.07) is 0. The van der Waals surface area contributed by atoms with Crippen LogP contribution in [-0.4, -0.2) is 11.1 Å². The summed E-state index contributed by atoms with van der Waals surface area (Å²) in [7, 11) is 0. The molecule has 0 aromatic carbocycles. The molecule has 1 unspecified atom stereocenters. The maximum Gasteiger partial charge on any atom is 0.303 e. The van der Waals surface area contributed by atoms with Crippen LogP contribution in [0.1, 0.15) is 97.8 Å². The maximum absolute atomic E-state index is 10.3. The fourth-order valence-electron chi connectivity index (χ4n) is 2.49. The van der Waals surface area contributed by atoms with Gasteiger partial charge in [-0.3, -0.25) is 4.79 Å². The average molecular weight is 284 g/mol. The van der Waals surface area contributed by atoms with Crippen molar-refractivity contribution in [3.63, 3.8) is 0 Å². The Morgan fingerprint density at radius 3 is 1.55 bits per heavy atom. The second kappa shape index (κ2) is 13.5. The van der Waals surface area contributed by atoms with Gasteiger partial charge in [-0.2, -0.15) is 0 Å². The molecule has 0 spiro atoms. The molecular formula is C18H36O2. The molecule has 1 atom stereocenters. The van der Waals surface area contributed by atoms with E-state index in [1.165, 1.54) is 57.8 Å². The van der Waals surface area contributed by atoms with E-state index in [9.17, 15) is 4.79 Å². The highest BCUT2D eigenvalue weighted by Crippen LogP contribution is 2.18. The molecule has 0 amide bonds. The van der Waals surface area contributed by atoms with Gasteiger partial charge in [-0.15, -0.1) is 0 Å². The predicted octanol–water partition coefficient (Wildman–Crippen LogP) is 6.04. The number of carboxylic acid groups (broad SMARTS) is 1. The first kappa shape index (κ1) is 19.5. The number of unbranched alkanes of at least 4 members (excludes halogenated alkanes) is 9. The molecule has 0 radical (unpaired) electrons. The smallest absolute Gasteiger partial charge is 0.303 e. The normalized spacial score (nSPS) is 12.8. The van der Waals surface area contributed by atoms with E-state index >= 15 is 0 Å². The SMILES string of the molecule is CC(C)C(C)CCCCCCCCCCCCC(=O)O. The Morgan fingerprint density at radius 2 is 1.15 bits per heavy atom. The van der Waals surface area contributed by atoms with E-state index in [0.29, 0.717) is 6.42 Å². The van der Waals surface area contributed by atoms with Crippen LogP contribution in [0.25, 0.3) is 0 Å². The van der Waals surface area contributed by atoms with Gasteiger partial charge in [0.05, 0.1) is 0 Å². The minimum absolute atomic E-state index is 0.342. The molecule has 0 aliphatic heterocycles. The molecule has 0 saturated carbocycles. The van der Waals surface area contributed by atoms with Gasteiger partial charge in [-0.1, -0.05) is 85.0 Å². The lowest BCUT2D eigenvalue weighted by Gasteiger charge is -2.14. The third-order valence-corrected chi connectivity index (χ3v) is 4.44. The molecule has 0 aromatic heterocycles. The minimum Gasteiger partial charge on any atom is -0.481 e. The maximum atomic E-state index is 10.3. The van der Waals surface area contributed by atoms with Crippen molar-refractivity contribution in [2.75, 3.05) is 0 Å². The highest BCUT2D eigenvalue weighted by molar-refractivity contribution is 5.66. The fraction of sp³-hybridized carbons (Fsp3) is 0.944. The quantitative estimate of drug-likeness (QED) is 0.394. The van der Waals surface area contributed by atoms with Crippen LogP contribution < -0.4 is 0 Å². The Morgan fingerprint density at radius 1 is 0.750 bits per heavy atom. The Hall–Kier alpha value is -0.530. The van der Waals surface area contributed by atoms with Crippen LogP contribution in [0.15, 0.2) is 0 Å². The van der Waals surface area contributed by atoms with Crippen LogP contribution in [0.4, 0.5) is 0 Å². The standard InChI is InChI=1S/C18H36O2/c1-16(2)17(3)14-12-10-8-6-4-5-7-9-11-13-15-18(19)20/h16-17H,4-15H2,1-3H3,(H,19,20). The molecule has 2 nitrogen and oxygen atoms in total. The van der Waals surface area contributed by atoms with E-state index in [2.05, 4.69) is 20.8 Å². The van der Waals surface area contributed by atoms with Gasteiger partial charge < -0.3 is 5.11 Å². The molecule has 20 heavy (non-hydrogen) atoms. The predicted molar refractivity (Wildman–Crippen MR) is 87.0 cm³/mol. The summed E-state index contributed by atoms with van der Waals surface area (Å²) < 4.78 is 0. The van der Waals surface area contributed by atoms with Gasteiger partial charge in [0.2, 0.25) is 0 Å². The van der Waals surface area contributed by atoms with Crippen molar-refractivity contribution in [3.05, 3.63) is 0 Å². The molecule has 0 fully saturated rings. The van der Waals surface area contributed by atoms with Gasteiger partial charge in [0.15, 0.2) is 0 Å². The van der Waals surface area contributed by atoms with Crippen molar-refractivity contribution < 1.29 is 9.90 Å². The largest absolute Gasteiger partial charge is 0.481 e. The van der Waals surface area contributed by atoms with Crippen molar-refractivity contribution in [2.24, 2.45) is 11.8 Å². The molecule has 120 valence electrons. The first-order valence-corrected chi connectivity index (χ1v) is 8.75. The van der Waals surface area contributed by atoms with Gasteiger partial charge in [0.1, 0.15) is 0 Å². The Bertz CT molecular complexity index is 223. The molecule has 1 N–H and O–H groups in total. The monoisotopic (exact) mass is 284 g/mol. The average Bonchev–Trinajstić information content (AvgIpc) is 2.39. The van der Waals surface area contributed by atoms with Crippen LogP contribution in [0.5, 0.6) is 0 Å². The zero-order valence-corrected chi connectivity index (χ0v) is 14.0. The summed E-state index contributed by atoms with van der Waals surface area (Å²) >= 11 is 0. The summed E-state index contributed by atoms with van der Waals surface area (Å²) in [6.45, 7) is 7.01. The lowest BCUT2D eigenvalue weighted by Crippen LogP contribution is -2.03. The zero-order valence-electron chi connectivity index (χ0n) is 14.0. The number of hydrogen-bond acceptors (Lipinski definition) is 1. The highest BCUT2D eigenvalue weighted by Gasteiger charge is 2.05. The van der Waals surface area contributed by atoms with Gasteiger partial charge >= 0.3 is 5.97 Å². The van der Waals surface area contributed by atoms with Gasteiger partial charge in [0.25, 0.3) is 0 Å². The van der Waals surface area contributed by atoms with Crippen LogP contribution >= 0.6 is 0 Å². The summed E-state index contributed by atoms with van der Waals surface area (Å²) in [5.74, 6) is 1.05. The summed E-state index contributed by atoms with van der Waals surface area (Å²) in [5.41, 5.74) is 0. The number of carboxylic acids is 1. The molecule has 0 saturated heterocycles. The Labute approximate surface area is 126 Å². The fourth-order valence-corrected chi connectivity index (χ4v) is 2.49. The molecule has 0 heterocycles. The van der Waals surface area contributed by atoms with Gasteiger partial charge in [0, 0.05) is 6.42 Å². The molecule has 0 aromatic rings. The second-order valence-electron chi connectivity index (χ2n) is 6.69. The van der Waals surface area contributed by atoms with Crippen LogP contribution in [0, 0.1) is 11.8 Å². The third-order valence-electron chi connectivity index (χ3n) is 4.44. The van der Waals surface area contributed by atoms with E-state index in [1.54, 1.807) is 0 Å². The number of hydrogen-bond donors (Lipinski definition) is 1.